The van der Waals surface area contributed by atoms with Gasteiger partial charge in [0.2, 0.25) is 5.91 Å². The fourth-order valence-electron chi connectivity index (χ4n) is 3.37. The van der Waals surface area contributed by atoms with Gasteiger partial charge in [0.05, 0.1) is 13.7 Å². The van der Waals surface area contributed by atoms with E-state index in [2.05, 4.69) is 16.0 Å². The van der Waals surface area contributed by atoms with Crippen molar-refractivity contribution in [3.63, 3.8) is 0 Å². The van der Waals surface area contributed by atoms with Crippen molar-refractivity contribution in [2.24, 2.45) is 0 Å². The largest absolute Gasteiger partial charge is 0.497 e. The van der Waals surface area contributed by atoms with E-state index in [0.29, 0.717) is 17.0 Å². The predicted octanol–water partition coefficient (Wildman–Crippen LogP) is 3.81. The van der Waals surface area contributed by atoms with Crippen LogP contribution in [0.2, 0.25) is 0 Å². The van der Waals surface area contributed by atoms with Crippen LogP contribution in [0.1, 0.15) is 42.5 Å². The molecule has 2 aromatic rings. The van der Waals surface area contributed by atoms with Gasteiger partial charge in [-0.05, 0) is 43.2 Å². The summed E-state index contributed by atoms with van der Waals surface area (Å²) < 4.78 is 5.15. The maximum atomic E-state index is 12.5. The highest BCUT2D eigenvalue weighted by Gasteiger charge is 2.16. The standard InChI is InChI=1S/C22H27N3O3/c1-28-20-12-6-11-19(14-20)24-21(26)15-23-18-10-5-7-16(13-18)22(27)25-17-8-3-2-4-9-17/h5-7,10-14,17,23H,2-4,8-9,15H2,1H3,(H,24,26)(H,25,27). The Hall–Kier alpha value is -3.02. The molecular formula is C22H27N3O3. The lowest BCUT2D eigenvalue weighted by Gasteiger charge is -2.22. The lowest BCUT2D eigenvalue weighted by molar-refractivity contribution is -0.114. The van der Waals surface area contributed by atoms with Crippen molar-refractivity contribution >= 4 is 23.2 Å². The molecule has 0 spiro atoms. The molecule has 148 valence electrons. The molecule has 1 aliphatic rings. The third-order valence-electron chi connectivity index (χ3n) is 4.87. The number of carbonyl (C=O) groups is 2. The van der Waals surface area contributed by atoms with Crippen LogP contribution in [0.3, 0.4) is 0 Å². The minimum Gasteiger partial charge on any atom is -0.497 e. The number of hydrogen-bond acceptors (Lipinski definition) is 4. The van der Waals surface area contributed by atoms with Crippen molar-refractivity contribution in [2.75, 3.05) is 24.3 Å². The summed E-state index contributed by atoms with van der Waals surface area (Å²) in [6.45, 7) is 0.102. The molecule has 2 amide bonds. The number of benzene rings is 2. The molecule has 6 nitrogen and oxygen atoms in total. The molecular weight excluding hydrogens is 354 g/mol. The van der Waals surface area contributed by atoms with Crippen molar-refractivity contribution in [3.05, 3.63) is 54.1 Å². The highest BCUT2D eigenvalue weighted by Crippen LogP contribution is 2.19. The van der Waals surface area contributed by atoms with E-state index < -0.39 is 0 Å². The van der Waals surface area contributed by atoms with Crippen molar-refractivity contribution in [1.29, 1.82) is 0 Å². The summed E-state index contributed by atoms with van der Waals surface area (Å²) in [6, 6.07) is 14.7. The van der Waals surface area contributed by atoms with Crippen LogP contribution in [0.25, 0.3) is 0 Å². The Morgan fingerprint density at radius 3 is 2.54 bits per heavy atom. The van der Waals surface area contributed by atoms with Crippen molar-refractivity contribution < 1.29 is 14.3 Å². The zero-order valence-corrected chi connectivity index (χ0v) is 16.2. The van der Waals surface area contributed by atoms with Crippen LogP contribution in [0.4, 0.5) is 11.4 Å². The number of amides is 2. The SMILES string of the molecule is COc1cccc(NC(=O)CNc2cccc(C(=O)NC3CCCCC3)c2)c1. The first kappa shape index (κ1) is 19.7. The molecule has 0 radical (unpaired) electrons. The molecule has 28 heavy (non-hydrogen) atoms. The van der Waals surface area contributed by atoms with Crippen molar-refractivity contribution in [2.45, 2.75) is 38.1 Å². The molecule has 6 heteroatoms. The molecule has 0 aromatic heterocycles. The molecule has 3 N–H and O–H groups in total. The highest BCUT2D eigenvalue weighted by molar-refractivity contribution is 5.96. The van der Waals surface area contributed by atoms with Crippen molar-refractivity contribution in [1.82, 2.24) is 5.32 Å². The van der Waals surface area contributed by atoms with E-state index in [1.54, 1.807) is 31.4 Å². The Balaban J connectivity index is 1.52. The lowest BCUT2D eigenvalue weighted by Crippen LogP contribution is -2.36. The van der Waals surface area contributed by atoms with Gasteiger partial charge in [0.1, 0.15) is 5.75 Å². The average molecular weight is 381 g/mol. The Bertz CT molecular complexity index is 816. The predicted molar refractivity (Wildman–Crippen MR) is 111 cm³/mol. The average Bonchev–Trinajstić information content (AvgIpc) is 2.73. The fraction of sp³-hybridized carbons (Fsp3) is 0.364. The van der Waals surface area contributed by atoms with Crippen LogP contribution in [-0.2, 0) is 4.79 Å². The summed E-state index contributed by atoms with van der Waals surface area (Å²) in [5.74, 6) is 0.448. The van der Waals surface area contributed by atoms with Gasteiger partial charge in [-0.1, -0.05) is 31.4 Å². The molecule has 1 saturated carbocycles. The molecule has 0 aliphatic heterocycles. The van der Waals surface area contributed by atoms with E-state index in [0.717, 1.165) is 18.5 Å². The van der Waals surface area contributed by atoms with Gasteiger partial charge in [-0.25, -0.2) is 0 Å². The van der Waals surface area contributed by atoms with Crippen molar-refractivity contribution in [3.8, 4) is 5.75 Å². The topological polar surface area (TPSA) is 79.5 Å². The molecule has 0 heterocycles. The summed E-state index contributed by atoms with van der Waals surface area (Å²) in [5.41, 5.74) is 2.01. The van der Waals surface area contributed by atoms with E-state index in [1.807, 2.05) is 24.3 Å². The summed E-state index contributed by atoms with van der Waals surface area (Å²) in [6.07, 6.45) is 5.70. The Morgan fingerprint density at radius 2 is 1.75 bits per heavy atom. The summed E-state index contributed by atoms with van der Waals surface area (Å²) in [4.78, 5) is 24.6. The quantitative estimate of drug-likeness (QED) is 0.681. The normalized spacial score (nSPS) is 14.2. The summed E-state index contributed by atoms with van der Waals surface area (Å²) in [7, 11) is 1.58. The van der Waals surface area contributed by atoms with Crippen LogP contribution in [0.15, 0.2) is 48.5 Å². The fourth-order valence-corrected chi connectivity index (χ4v) is 3.37. The van der Waals surface area contributed by atoms with E-state index >= 15 is 0 Å². The maximum Gasteiger partial charge on any atom is 0.251 e. The first-order valence-electron chi connectivity index (χ1n) is 9.73. The van der Waals surface area contributed by atoms with E-state index in [4.69, 9.17) is 4.74 Å². The second-order valence-electron chi connectivity index (χ2n) is 7.02. The molecule has 1 aliphatic carbocycles. The number of anilines is 2. The molecule has 3 rings (SSSR count). The van der Waals surface area contributed by atoms with Gasteiger partial charge >= 0.3 is 0 Å². The van der Waals surface area contributed by atoms with Crippen LogP contribution in [0.5, 0.6) is 5.75 Å². The Morgan fingerprint density at radius 1 is 1.00 bits per heavy atom. The van der Waals surface area contributed by atoms with Crippen LogP contribution in [0, 0.1) is 0 Å². The molecule has 0 bridgehead atoms. The Labute approximate surface area is 165 Å². The monoisotopic (exact) mass is 381 g/mol. The molecule has 1 fully saturated rings. The second kappa shape index (κ2) is 9.78. The lowest BCUT2D eigenvalue weighted by atomic mass is 9.95. The van der Waals surface area contributed by atoms with Gasteiger partial charge < -0.3 is 20.7 Å². The smallest absolute Gasteiger partial charge is 0.251 e. The van der Waals surface area contributed by atoms with E-state index in [9.17, 15) is 9.59 Å². The Kier molecular flexibility index (Phi) is 6.89. The van der Waals surface area contributed by atoms with E-state index in [-0.39, 0.29) is 24.4 Å². The van der Waals surface area contributed by atoms with E-state index in [1.165, 1.54) is 19.3 Å². The van der Waals surface area contributed by atoms with Gasteiger partial charge in [-0.3, -0.25) is 9.59 Å². The molecule has 2 aromatic carbocycles. The minimum absolute atomic E-state index is 0.0589. The first-order chi connectivity index (χ1) is 13.6. The molecule has 0 unspecified atom stereocenters. The van der Waals surface area contributed by atoms with Gasteiger partial charge in [0.25, 0.3) is 5.91 Å². The summed E-state index contributed by atoms with van der Waals surface area (Å²) >= 11 is 0. The number of ether oxygens (including phenoxy) is 1. The number of rotatable bonds is 7. The first-order valence-corrected chi connectivity index (χ1v) is 9.73. The number of carbonyl (C=O) groups excluding carboxylic acids is 2. The zero-order valence-electron chi connectivity index (χ0n) is 16.2. The van der Waals surface area contributed by atoms with Gasteiger partial charge in [-0.15, -0.1) is 0 Å². The maximum absolute atomic E-state index is 12.5. The zero-order chi connectivity index (χ0) is 19.8. The summed E-state index contributed by atoms with van der Waals surface area (Å²) in [5, 5.41) is 9.00. The van der Waals surface area contributed by atoms with Gasteiger partial charge in [0, 0.05) is 29.0 Å². The third kappa shape index (κ3) is 5.74. The van der Waals surface area contributed by atoms with Crippen LogP contribution in [-0.4, -0.2) is 31.5 Å². The van der Waals surface area contributed by atoms with Gasteiger partial charge in [0.15, 0.2) is 0 Å². The van der Waals surface area contributed by atoms with Crippen LogP contribution >= 0.6 is 0 Å². The van der Waals surface area contributed by atoms with Crippen LogP contribution < -0.4 is 20.7 Å². The molecule has 0 saturated heterocycles. The second-order valence-corrected chi connectivity index (χ2v) is 7.02. The van der Waals surface area contributed by atoms with Gasteiger partial charge in [-0.2, -0.15) is 0 Å². The highest BCUT2D eigenvalue weighted by atomic mass is 16.5. The number of hydrogen-bond donors (Lipinski definition) is 3. The third-order valence-corrected chi connectivity index (χ3v) is 4.87. The number of nitrogens with one attached hydrogen (secondary N) is 3. The number of methoxy groups -OCH3 is 1. The minimum atomic E-state index is -0.176. The molecule has 0 atom stereocenters.